The van der Waals surface area contributed by atoms with Crippen LogP contribution in [-0.2, 0) is 0 Å². The third-order valence-corrected chi connectivity index (χ3v) is 4.19. The molecule has 0 spiro atoms. The Morgan fingerprint density at radius 1 is 1.42 bits per heavy atom. The number of thioether (sulfide) groups is 1. The molecule has 0 aliphatic rings. The molecule has 102 valence electrons. The van der Waals surface area contributed by atoms with E-state index in [-0.39, 0.29) is 0 Å². The Bertz CT molecular complexity index is 562. The van der Waals surface area contributed by atoms with Crippen LogP contribution in [0.25, 0.3) is 11.4 Å². The molecule has 2 rings (SSSR count). The normalized spacial score (nSPS) is 12.5. The van der Waals surface area contributed by atoms with Crippen LogP contribution >= 0.6 is 24.0 Å². The van der Waals surface area contributed by atoms with Crippen LogP contribution in [0, 0.1) is 4.77 Å². The lowest BCUT2D eigenvalue weighted by atomic mass is 10.2. The summed E-state index contributed by atoms with van der Waals surface area (Å²) in [4.78, 5) is 4.04. The molecule has 0 aromatic carbocycles. The lowest BCUT2D eigenvalue weighted by Crippen LogP contribution is -2.08. The third kappa shape index (κ3) is 3.45. The van der Waals surface area contributed by atoms with Gasteiger partial charge in [0, 0.05) is 24.0 Å². The van der Waals surface area contributed by atoms with Crippen molar-refractivity contribution in [1.29, 1.82) is 0 Å². The van der Waals surface area contributed by atoms with Gasteiger partial charge in [0.1, 0.15) is 0 Å². The van der Waals surface area contributed by atoms with E-state index in [1.165, 1.54) is 0 Å². The Hall–Kier alpha value is -1.14. The number of rotatable bonds is 6. The lowest BCUT2D eigenvalue weighted by molar-refractivity contribution is 0.532. The van der Waals surface area contributed by atoms with E-state index in [2.05, 4.69) is 33.6 Å². The van der Waals surface area contributed by atoms with Crippen molar-refractivity contribution in [1.82, 2.24) is 19.7 Å². The standard InChI is InChI=1S/C13H18N4S2/c1-3-19-9-6-10(2)17-12(15-16-13(17)18)11-4-7-14-8-5-11/h4-5,7-8,10H,3,6,9H2,1-2H3,(H,16,18). The summed E-state index contributed by atoms with van der Waals surface area (Å²) in [5.41, 5.74) is 1.04. The van der Waals surface area contributed by atoms with Crippen molar-refractivity contribution in [2.45, 2.75) is 26.3 Å². The van der Waals surface area contributed by atoms with Crippen molar-refractivity contribution in [2.75, 3.05) is 11.5 Å². The maximum absolute atomic E-state index is 5.35. The summed E-state index contributed by atoms with van der Waals surface area (Å²) >= 11 is 7.30. The van der Waals surface area contributed by atoms with Crippen molar-refractivity contribution >= 4 is 24.0 Å². The van der Waals surface area contributed by atoms with Crippen molar-refractivity contribution in [3.8, 4) is 11.4 Å². The highest BCUT2D eigenvalue weighted by molar-refractivity contribution is 7.99. The highest BCUT2D eigenvalue weighted by Crippen LogP contribution is 2.23. The number of hydrogen-bond donors (Lipinski definition) is 1. The molecule has 1 N–H and O–H groups in total. The quantitative estimate of drug-likeness (QED) is 0.652. The molecule has 0 amide bonds. The molecule has 4 nitrogen and oxygen atoms in total. The predicted molar refractivity (Wildman–Crippen MR) is 83.0 cm³/mol. The van der Waals surface area contributed by atoms with E-state index in [0.29, 0.717) is 10.8 Å². The average Bonchev–Trinajstić information content (AvgIpc) is 2.82. The van der Waals surface area contributed by atoms with Gasteiger partial charge in [0.2, 0.25) is 0 Å². The molecule has 1 atom stereocenters. The van der Waals surface area contributed by atoms with E-state index < -0.39 is 0 Å². The summed E-state index contributed by atoms with van der Waals surface area (Å²) in [5.74, 6) is 3.18. The zero-order valence-corrected chi connectivity index (χ0v) is 12.8. The molecular formula is C13H18N4S2. The molecule has 2 aromatic rings. The largest absolute Gasteiger partial charge is 0.297 e. The highest BCUT2D eigenvalue weighted by atomic mass is 32.2. The van der Waals surface area contributed by atoms with E-state index in [1.54, 1.807) is 12.4 Å². The van der Waals surface area contributed by atoms with Gasteiger partial charge in [0.25, 0.3) is 0 Å². The number of hydrogen-bond acceptors (Lipinski definition) is 4. The number of pyridine rings is 1. The average molecular weight is 294 g/mol. The second-order valence-corrected chi connectivity index (χ2v) is 6.07. The fourth-order valence-corrected chi connectivity index (χ4v) is 3.05. The van der Waals surface area contributed by atoms with Crippen LogP contribution in [-0.4, -0.2) is 31.3 Å². The van der Waals surface area contributed by atoms with E-state index >= 15 is 0 Å². The summed E-state index contributed by atoms with van der Waals surface area (Å²) < 4.78 is 2.78. The second-order valence-electron chi connectivity index (χ2n) is 4.29. The van der Waals surface area contributed by atoms with E-state index in [1.807, 2.05) is 23.9 Å². The summed E-state index contributed by atoms with van der Waals surface area (Å²) in [5, 5.41) is 7.24. The molecule has 2 heterocycles. The molecule has 19 heavy (non-hydrogen) atoms. The van der Waals surface area contributed by atoms with Gasteiger partial charge >= 0.3 is 0 Å². The SMILES string of the molecule is CCSCCC(C)n1c(-c2ccncc2)n[nH]c1=S. The molecule has 0 fully saturated rings. The maximum Gasteiger partial charge on any atom is 0.195 e. The van der Waals surface area contributed by atoms with E-state index in [0.717, 1.165) is 29.3 Å². The lowest BCUT2D eigenvalue weighted by Gasteiger charge is -2.15. The summed E-state index contributed by atoms with van der Waals surface area (Å²) in [6.45, 7) is 4.37. The Labute approximate surface area is 122 Å². The van der Waals surface area contributed by atoms with Crippen LogP contribution in [0.1, 0.15) is 26.3 Å². The zero-order chi connectivity index (χ0) is 13.7. The highest BCUT2D eigenvalue weighted by Gasteiger charge is 2.14. The van der Waals surface area contributed by atoms with Gasteiger partial charge in [-0.15, -0.1) is 0 Å². The minimum atomic E-state index is 0.341. The van der Waals surface area contributed by atoms with Gasteiger partial charge in [-0.25, -0.2) is 0 Å². The fourth-order valence-electron chi connectivity index (χ4n) is 1.95. The second kappa shape index (κ2) is 6.86. The van der Waals surface area contributed by atoms with Gasteiger partial charge < -0.3 is 0 Å². The molecule has 1 unspecified atom stereocenters. The van der Waals surface area contributed by atoms with Crippen LogP contribution in [0.5, 0.6) is 0 Å². The summed E-state index contributed by atoms with van der Waals surface area (Å²) in [6, 6.07) is 4.25. The van der Waals surface area contributed by atoms with Crippen molar-refractivity contribution < 1.29 is 0 Å². The van der Waals surface area contributed by atoms with Crippen molar-refractivity contribution in [3.63, 3.8) is 0 Å². The molecule has 0 saturated carbocycles. The summed E-state index contributed by atoms with van der Waals surface area (Å²) in [6.07, 6.45) is 4.63. The van der Waals surface area contributed by atoms with Gasteiger partial charge in [-0.1, -0.05) is 6.92 Å². The molecule has 6 heteroatoms. The number of aromatic nitrogens is 4. The van der Waals surface area contributed by atoms with E-state index in [4.69, 9.17) is 12.2 Å². The van der Waals surface area contributed by atoms with Crippen molar-refractivity contribution in [3.05, 3.63) is 29.3 Å². The third-order valence-electron chi connectivity index (χ3n) is 2.97. The molecule has 0 radical (unpaired) electrons. The van der Waals surface area contributed by atoms with Crippen LogP contribution in [0.3, 0.4) is 0 Å². The first-order valence-electron chi connectivity index (χ1n) is 6.39. The fraction of sp³-hybridized carbons (Fsp3) is 0.462. The minimum absolute atomic E-state index is 0.341. The van der Waals surface area contributed by atoms with Gasteiger partial charge in [-0.05, 0) is 49.2 Å². The number of nitrogens with zero attached hydrogens (tertiary/aromatic N) is 3. The first-order valence-corrected chi connectivity index (χ1v) is 7.95. The smallest absolute Gasteiger partial charge is 0.195 e. The number of aromatic amines is 1. The first-order chi connectivity index (χ1) is 9.24. The van der Waals surface area contributed by atoms with E-state index in [9.17, 15) is 0 Å². The predicted octanol–water partition coefficient (Wildman–Crippen LogP) is 3.71. The molecular weight excluding hydrogens is 276 g/mol. The zero-order valence-electron chi connectivity index (χ0n) is 11.2. The monoisotopic (exact) mass is 294 g/mol. The van der Waals surface area contributed by atoms with Crippen LogP contribution in [0.2, 0.25) is 0 Å². The minimum Gasteiger partial charge on any atom is -0.297 e. The van der Waals surface area contributed by atoms with Gasteiger partial charge in [0.15, 0.2) is 10.6 Å². The molecule has 2 aromatic heterocycles. The Kier molecular flexibility index (Phi) is 5.15. The van der Waals surface area contributed by atoms with Crippen LogP contribution < -0.4 is 0 Å². The number of H-pyrrole nitrogens is 1. The maximum atomic E-state index is 5.35. The van der Waals surface area contributed by atoms with Gasteiger partial charge in [-0.3, -0.25) is 14.6 Å². The van der Waals surface area contributed by atoms with Gasteiger partial charge in [-0.2, -0.15) is 16.9 Å². The summed E-state index contributed by atoms with van der Waals surface area (Å²) in [7, 11) is 0. The Balaban J connectivity index is 2.25. The Morgan fingerprint density at radius 2 is 2.16 bits per heavy atom. The Morgan fingerprint density at radius 3 is 2.84 bits per heavy atom. The topological polar surface area (TPSA) is 46.5 Å². The van der Waals surface area contributed by atoms with Gasteiger partial charge in [0.05, 0.1) is 0 Å². The molecule has 0 bridgehead atoms. The number of nitrogens with one attached hydrogen (secondary N) is 1. The molecule has 0 aliphatic heterocycles. The molecule has 0 aliphatic carbocycles. The first kappa shape index (κ1) is 14.3. The molecule has 0 saturated heterocycles. The van der Waals surface area contributed by atoms with Crippen LogP contribution in [0.4, 0.5) is 0 Å². The van der Waals surface area contributed by atoms with Crippen molar-refractivity contribution in [2.24, 2.45) is 0 Å². The van der Waals surface area contributed by atoms with Crippen LogP contribution in [0.15, 0.2) is 24.5 Å².